The van der Waals surface area contributed by atoms with Gasteiger partial charge in [0.2, 0.25) is 0 Å². The second-order valence-corrected chi connectivity index (χ2v) is 4.98. The van der Waals surface area contributed by atoms with Gasteiger partial charge in [-0.1, -0.05) is 11.6 Å². The van der Waals surface area contributed by atoms with E-state index in [2.05, 4.69) is 29.4 Å². The Labute approximate surface area is 100.0 Å². The van der Waals surface area contributed by atoms with E-state index in [1.807, 2.05) is 6.07 Å². The number of nitrogens with one attached hydrogen (secondary N) is 2. The molecule has 1 aromatic heterocycles. The SMILES string of the molecule is Cc1[nH]c2ccc(Cl)cc2c1C1CCNC1. The highest BCUT2D eigenvalue weighted by molar-refractivity contribution is 6.31. The normalized spacial score (nSPS) is 20.8. The molecule has 0 saturated carbocycles. The fourth-order valence-corrected chi connectivity index (χ4v) is 2.92. The van der Waals surface area contributed by atoms with Crippen LogP contribution in [0.5, 0.6) is 0 Å². The van der Waals surface area contributed by atoms with Gasteiger partial charge < -0.3 is 10.3 Å². The molecule has 0 radical (unpaired) electrons. The minimum Gasteiger partial charge on any atom is -0.358 e. The van der Waals surface area contributed by atoms with Crippen molar-refractivity contribution in [2.45, 2.75) is 19.3 Å². The third kappa shape index (κ3) is 1.53. The number of rotatable bonds is 1. The van der Waals surface area contributed by atoms with Crippen molar-refractivity contribution in [1.82, 2.24) is 10.3 Å². The lowest BCUT2D eigenvalue weighted by Gasteiger charge is -2.08. The van der Waals surface area contributed by atoms with E-state index in [9.17, 15) is 0 Å². The molecule has 1 atom stereocenters. The number of hydrogen-bond donors (Lipinski definition) is 2. The second kappa shape index (κ2) is 3.79. The van der Waals surface area contributed by atoms with Crippen molar-refractivity contribution in [1.29, 1.82) is 0 Å². The Morgan fingerprint density at radius 1 is 1.38 bits per heavy atom. The summed E-state index contributed by atoms with van der Waals surface area (Å²) in [5.41, 5.74) is 3.93. The summed E-state index contributed by atoms with van der Waals surface area (Å²) in [6.07, 6.45) is 1.22. The molecule has 2 N–H and O–H groups in total. The standard InChI is InChI=1S/C13H15ClN2/c1-8-13(9-4-5-15-7-9)11-6-10(14)2-3-12(11)16-8/h2-3,6,9,15-16H,4-5,7H2,1H3. The van der Waals surface area contributed by atoms with Crippen LogP contribution in [0.25, 0.3) is 10.9 Å². The average Bonchev–Trinajstić information content (AvgIpc) is 2.83. The van der Waals surface area contributed by atoms with Crippen molar-refractivity contribution in [2.24, 2.45) is 0 Å². The Morgan fingerprint density at radius 3 is 3.00 bits per heavy atom. The van der Waals surface area contributed by atoms with Crippen LogP contribution in [-0.2, 0) is 0 Å². The van der Waals surface area contributed by atoms with Crippen LogP contribution in [0.2, 0.25) is 5.02 Å². The molecule has 1 aliphatic rings. The van der Waals surface area contributed by atoms with Crippen LogP contribution in [0.3, 0.4) is 0 Å². The summed E-state index contributed by atoms with van der Waals surface area (Å²) < 4.78 is 0. The van der Waals surface area contributed by atoms with E-state index in [1.165, 1.54) is 28.6 Å². The fraction of sp³-hybridized carbons (Fsp3) is 0.385. The van der Waals surface area contributed by atoms with E-state index >= 15 is 0 Å². The Morgan fingerprint density at radius 2 is 2.25 bits per heavy atom. The molecule has 0 amide bonds. The monoisotopic (exact) mass is 234 g/mol. The summed E-state index contributed by atoms with van der Waals surface area (Å²) in [5, 5.41) is 5.53. The number of benzene rings is 1. The van der Waals surface area contributed by atoms with E-state index in [4.69, 9.17) is 11.6 Å². The third-order valence-corrected chi connectivity index (χ3v) is 3.70. The van der Waals surface area contributed by atoms with Gasteiger partial charge in [-0.05, 0) is 49.6 Å². The Balaban J connectivity index is 2.20. The summed E-state index contributed by atoms with van der Waals surface area (Å²) in [6.45, 7) is 4.36. The number of aryl methyl sites for hydroxylation is 1. The van der Waals surface area contributed by atoms with Gasteiger partial charge in [-0.15, -0.1) is 0 Å². The third-order valence-electron chi connectivity index (χ3n) is 3.47. The van der Waals surface area contributed by atoms with E-state index < -0.39 is 0 Å². The van der Waals surface area contributed by atoms with Crippen molar-refractivity contribution >= 4 is 22.5 Å². The molecular weight excluding hydrogens is 220 g/mol. The van der Waals surface area contributed by atoms with Gasteiger partial charge in [-0.2, -0.15) is 0 Å². The molecule has 1 saturated heterocycles. The first-order valence-corrected chi connectivity index (χ1v) is 6.12. The van der Waals surface area contributed by atoms with Crippen LogP contribution in [0, 0.1) is 6.92 Å². The van der Waals surface area contributed by atoms with Crippen molar-refractivity contribution < 1.29 is 0 Å². The van der Waals surface area contributed by atoms with Crippen LogP contribution >= 0.6 is 11.6 Å². The predicted molar refractivity (Wildman–Crippen MR) is 68.3 cm³/mol. The van der Waals surface area contributed by atoms with Gasteiger partial charge >= 0.3 is 0 Å². The lowest BCUT2D eigenvalue weighted by atomic mass is 9.95. The van der Waals surface area contributed by atoms with E-state index in [1.54, 1.807) is 0 Å². The highest BCUT2D eigenvalue weighted by Crippen LogP contribution is 2.33. The number of fused-ring (bicyclic) bond motifs is 1. The fourth-order valence-electron chi connectivity index (χ4n) is 2.75. The quantitative estimate of drug-likeness (QED) is 0.779. The Kier molecular flexibility index (Phi) is 2.41. The maximum absolute atomic E-state index is 6.08. The molecule has 1 fully saturated rings. The molecule has 0 spiro atoms. The molecule has 3 heteroatoms. The van der Waals surface area contributed by atoms with Crippen LogP contribution in [0.4, 0.5) is 0 Å². The molecule has 3 rings (SSSR count). The molecule has 1 aliphatic heterocycles. The maximum Gasteiger partial charge on any atom is 0.0460 e. The van der Waals surface area contributed by atoms with Crippen LogP contribution < -0.4 is 5.32 Å². The van der Waals surface area contributed by atoms with Gasteiger partial charge in [0.05, 0.1) is 0 Å². The Hall–Kier alpha value is -0.990. The highest BCUT2D eigenvalue weighted by atomic mass is 35.5. The molecule has 2 nitrogen and oxygen atoms in total. The largest absolute Gasteiger partial charge is 0.358 e. The van der Waals surface area contributed by atoms with Gasteiger partial charge in [0.15, 0.2) is 0 Å². The molecule has 0 aliphatic carbocycles. The first kappa shape index (κ1) is 10.2. The van der Waals surface area contributed by atoms with Crippen LogP contribution in [-0.4, -0.2) is 18.1 Å². The predicted octanol–water partition coefficient (Wildman–Crippen LogP) is 3.21. The van der Waals surface area contributed by atoms with Gasteiger partial charge in [0.25, 0.3) is 0 Å². The van der Waals surface area contributed by atoms with E-state index in [-0.39, 0.29) is 0 Å². The summed E-state index contributed by atoms with van der Waals surface area (Å²) >= 11 is 6.08. The van der Waals surface area contributed by atoms with E-state index in [0.29, 0.717) is 5.92 Å². The van der Waals surface area contributed by atoms with Gasteiger partial charge in [-0.3, -0.25) is 0 Å². The molecule has 16 heavy (non-hydrogen) atoms. The minimum absolute atomic E-state index is 0.632. The summed E-state index contributed by atoms with van der Waals surface area (Å²) in [4.78, 5) is 3.44. The van der Waals surface area contributed by atoms with Crippen molar-refractivity contribution in [3.63, 3.8) is 0 Å². The van der Waals surface area contributed by atoms with Crippen LogP contribution in [0.15, 0.2) is 18.2 Å². The minimum atomic E-state index is 0.632. The average molecular weight is 235 g/mol. The van der Waals surface area contributed by atoms with Crippen molar-refractivity contribution in [3.8, 4) is 0 Å². The molecule has 2 aromatic rings. The van der Waals surface area contributed by atoms with Crippen LogP contribution in [0.1, 0.15) is 23.6 Å². The number of hydrogen-bond acceptors (Lipinski definition) is 1. The summed E-state index contributed by atoms with van der Waals surface area (Å²) in [5.74, 6) is 0.632. The van der Waals surface area contributed by atoms with E-state index in [0.717, 1.165) is 18.1 Å². The van der Waals surface area contributed by atoms with Crippen molar-refractivity contribution in [3.05, 3.63) is 34.5 Å². The van der Waals surface area contributed by atoms with Gasteiger partial charge in [0.1, 0.15) is 0 Å². The number of H-pyrrole nitrogens is 1. The van der Waals surface area contributed by atoms with Gasteiger partial charge in [-0.25, -0.2) is 0 Å². The highest BCUT2D eigenvalue weighted by Gasteiger charge is 2.22. The zero-order valence-corrected chi connectivity index (χ0v) is 10.1. The maximum atomic E-state index is 6.08. The molecule has 1 unspecified atom stereocenters. The Bertz CT molecular complexity index is 524. The molecule has 0 bridgehead atoms. The summed E-state index contributed by atoms with van der Waals surface area (Å²) in [6, 6.07) is 6.08. The first-order chi connectivity index (χ1) is 7.75. The number of aromatic amines is 1. The number of aromatic nitrogens is 1. The molecule has 2 heterocycles. The first-order valence-electron chi connectivity index (χ1n) is 5.74. The molecule has 1 aromatic carbocycles. The van der Waals surface area contributed by atoms with Gasteiger partial charge in [0, 0.05) is 28.2 Å². The molecule has 84 valence electrons. The second-order valence-electron chi connectivity index (χ2n) is 4.54. The number of halogens is 1. The lowest BCUT2D eigenvalue weighted by molar-refractivity contribution is 0.763. The summed E-state index contributed by atoms with van der Waals surface area (Å²) in [7, 11) is 0. The topological polar surface area (TPSA) is 27.8 Å². The molecular formula is C13H15ClN2. The zero-order chi connectivity index (χ0) is 11.1. The smallest absolute Gasteiger partial charge is 0.0460 e. The zero-order valence-electron chi connectivity index (χ0n) is 9.31. The lowest BCUT2D eigenvalue weighted by Crippen LogP contribution is -2.08. The van der Waals surface area contributed by atoms with Crippen molar-refractivity contribution in [2.75, 3.05) is 13.1 Å².